The Balaban J connectivity index is 2.00. The number of thiophene rings is 1. The van der Waals surface area contributed by atoms with Crippen molar-refractivity contribution >= 4 is 21.4 Å². The number of hydrogen-bond donors (Lipinski definition) is 2. The maximum atomic E-state index is 12.4. The van der Waals surface area contributed by atoms with Crippen LogP contribution in [0.5, 0.6) is 0 Å². The van der Waals surface area contributed by atoms with Crippen LogP contribution in [-0.4, -0.2) is 53.1 Å². The predicted octanol–water partition coefficient (Wildman–Crippen LogP) is 0.882. The third-order valence-corrected chi connectivity index (χ3v) is 6.63. The Morgan fingerprint density at radius 2 is 2.25 bits per heavy atom. The molecule has 0 saturated carbocycles. The van der Waals surface area contributed by atoms with Crippen LogP contribution in [0.1, 0.15) is 17.7 Å². The molecule has 0 aromatic carbocycles. The second kappa shape index (κ2) is 7.00. The average molecular weight is 317 g/mol. The van der Waals surface area contributed by atoms with Crippen LogP contribution in [0.15, 0.2) is 16.3 Å². The molecule has 5 nitrogen and oxygen atoms in total. The van der Waals surface area contributed by atoms with Crippen molar-refractivity contribution in [3.8, 4) is 0 Å². The number of hydrogen-bond acceptors (Lipinski definition) is 5. The molecule has 1 aromatic heterocycles. The van der Waals surface area contributed by atoms with Crippen LogP contribution in [0.2, 0.25) is 0 Å². The third kappa shape index (κ3) is 4.26. The van der Waals surface area contributed by atoms with Gasteiger partial charge < -0.3 is 10.2 Å². The van der Waals surface area contributed by atoms with Crippen LogP contribution in [0.4, 0.5) is 0 Å². The number of nitrogens with one attached hydrogen (secondary N) is 2. The summed E-state index contributed by atoms with van der Waals surface area (Å²) in [6, 6.07) is 3.65. The molecule has 1 atom stereocenters. The van der Waals surface area contributed by atoms with Gasteiger partial charge in [-0.05, 0) is 58.6 Å². The SMILES string of the molecule is CNCCc1ccc(S(=O)(=O)NC2CCCN(C)C2)s1. The van der Waals surface area contributed by atoms with Gasteiger partial charge in [0.15, 0.2) is 0 Å². The quantitative estimate of drug-likeness (QED) is 0.818. The van der Waals surface area contributed by atoms with Gasteiger partial charge in [0.2, 0.25) is 10.0 Å². The zero-order valence-electron chi connectivity index (χ0n) is 12.1. The van der Waals surface area contributed by atoms with E-state index in [9.17, 15) is 8.42 Å². The standard InChI is InChI=1S/C13H23N3O2S2/c1-14-8-7-12-5-6-13(19-12)20(17,18)15-11-4-3-9-16(2)10-11/h5-6,11,14-15H,3-4,7-10H2,1-2H3. The van der Waals surface area contributed by atoms with Crippen molar-refractivity contribution in [1.82, 2.24) is 14.9 Å². The lowest BCUT2D eigenvalue weighted by Crippen LogP contribution is -2.46. The van der Waals surface area contributed by atoms with Crippen molar-refractivity contribution in [3.63, 3.8) is 0 Å². The van der Waals surface area contributed by atoms with Crippen molar-refractivity contribution < 1.29 is 8.42 Å². The Morgan fingerprint density at radius 3 is 2.95 bits per heavy atom. The van der Waals surface area contributed by atoms with Gasteiger partial charge in [-0.15, -0.1) is 11.3 Å². The van der Waals surface area contributed by atoms with Gasteiger partial charge in [0.25, 0.3) is 0 Å². The van der Waals surface area contributed by atoms with Crippen LogP contribution < -0.4 is 10.0 Å². The van der Waals surface area contributed by atoms with Crippen LogP contribution in [0.3, 0.4) is 0 Å². The Hall–Kier alpha value is -0.470. The molecule has 1 aliphatic heterocycles. The summed E-state index contributed by atoms with van der Waals surface area (Å²) in [5, 5.41) is 3.07. The lowest BCUT2D eigenvalue weighted by molar-refractivity contribution is 0.242. The Labute approximate surface area is 125 Å². The van der Waals surface area contributed by atoms with Crippen molar-refractivity contribution in [3.05, 3.63) is 17.0 Å². The van der Waals surface area contributed by atoms with Gasteiger partial charge in [0, 0.05) is 17.5 Å². The van der Waals surface area contributed by atoms with Gasteiger partial charge in [-0.3, -0.25) is 0 Å². The Bertz CT molecular complexity index is 527. The van der Waals surface area contributed by atoms with Crippen LogP contribution in [-0.2, 0) is 16.4 Å². The molecule has 114 valence electrons. The van der Waals surface area contributed by atoms with E-state index in [2.05, 4.69) is 14.9 Å². The van der Waals surface area contributed by atoms with Crippen molar-refractivity contribution in [1.29, 1.82) is 0 Å². The molecule has 2 N–H and O–H groups in total. The highest BCUT2D eigenvalue weighted by Crippen LogP contribution is 2.22. The van der Waals surface area contributed by atoms with Gasteiger partial charge in [0.05, 0.1) is 0 Å². The molecule has 0 aliphatic carbocycles. The number of likely N-dealkylation sites (N-methyl/N-ethyl adjacent to an activating group) is 2. The lowest BCUT2D eigenvalue weighted by Gasteiger charge is -2.29. The average Bonchev–Trinajstić information content (AvgIpc) is 2.85. The minimum Gasteiger partial charge on any atom is -0.319 e. The summed E-state index contributed by atoms with van der Waals surface area (Å²) in [6.45, 7) is 2.70. The van der Waals surface area contributed by atoms with E-state index in [0.29, 0.717) is 4.21 Å². The highest BCUT2D eigenvalue weighted by atomic mass is 32.2. The van der Waals surface area contributed by atoms with E-state index in [-0.39, 0.29) is 6.04 Å². The molecule has 7 heteroatoms. The number of piperidine rings is 1. The van der Waals surface area contributed by atoms with Gasteiger partial charge in [-0.2, -0.15) is 0 Å². The second-order valence-corrected chi connectivity index (χ2v) is 8.41. The van der Waals surface area contributed by atoms with Crippen LogP contribution in [0.25, 0.3) is 0 Å². The highest BCUT2D eigenvalue weighted by molar-refractivity contribution is 7.91. The smallest absolute Gasteiger partial charge is 0.250 e. The van der Waals surface area contributed by atoms with E-state index in [4.69, 9.17) is 0 Å². The fraction of sp³-hybridized carbons (Fsp3) is 0.692. The first-order valence-electron chi connectivity index (χ1n) is 6.95. The molecule has 20 heavy (non-hydrogen) atoms. The van der Waals surface area contributed by atoms with Gasteiger partial charge >= 0.3 is 0 Å². The van der Waals surface area contributed by atoms with E-state index in [0.717, 1.165) is 43.8 Å². The summed E-state index contributed by atoms with van der Waals surface area (Å²) in [4.78, 5) is 3.27. The lowest BCUT2D eigenvalue weighted by atomic mass is 10.1. The molecule has 0 bridgehead atoms. The Morgan fingerprint density at radius 1 is 1.45 bits per heavy atom. The molecule has 0 amide bonds. The molecule has 1 aliphatic rings. The molecular formula is C13H23N3O2S2. The zero-order valence-corrected chi connectivity index (χ0v) is 13.7. The normalized spacial score (nSPS) is 21.2. The van der Waals surface area contributed by atoms with Gasteiger partial charge in [0.1, 0.15) is 4.21 Å². The molecule has 2 rings (SSSR count). The van der Waals surface area contributed by atoms with E-state index in [1.807, 2.05) is 20.2 Å². The molecule has 1 fully saturated rings. The van der Waals surface area contributed by atoms with E-state index < -0.39 is 10.0 Å². The van der Waals surface area contributed by atoms with E-state index in [1.54, 1.807) is 6.07 Å². The summed E-state index contributed by atoms with van der Waals surface area (Å²) in [5.41, 5.74) is 0. The van der Waals surface area contributed by atoms with Gasteiger partial charge in [-0.1, -0.05) is 0 Å². The molecule has 1 aromatic rings. The minimum atomic E-state index is -3.37. The summed E-state index contributed by atoms with van der Waals surface area (Å²) in [5.74, 6) is 0. The summed E-state index contributed by atoms with van der Waals surface area (Å²) in [6.07, 6.45) is 2.83. The fourth-order valence-electron chi connectivity index (χ4n) is 2.43. The number of likely N-dealkylation sites (tertiary alicyclic amines) is 1. The molecule has 2 heterocycles. The molecule has 0 spiro atoms. The maximum absolute atomic E-state index is 12.4. The monoisotopic (exact) mass is 317 g/mol. The molecular weight excluding hydrogens is 294 g/mol. The predicted molar refractivity (Wildman–Crippen MR) is 82.8 cm³/mol. The number of rotatable bonds is 6. The maximum Gasteiger partial charge on any atom is 0.250 e. The zero-order chi connectivity index (χ0) is 14.6. The first-order chi connectivity index (χ1) is 9.51. The topological polar surface area (TPSA) is 61.4 Å². The molecule has 0 radical (unpaired) electrons. The minimum absolute atomic E-state index is 0.0293. The van der Waals surface area contributed by atoms with Crippen LogP contribution >= 0.6 is 11.3 Å². The van der Waals surface area contributed by atoms with E-state index in [1.165, 1.54) is 11.3 Å². The van der Waals surface area contributed by atoms with Gasteiger partial charge in [-0.25, -0.2) is 13.1 Å². The van der Waals surface area contributed by atoms with Crippen molar-refractivity contribution in [2.75, 3.05) is 33.7 Å². The first kappa shape index (κ1) is 15.9. The second-order valence-electron chi connectivity index (χ2n) is 5.30. The van der Waals surface area contributed by atoms with Crippen molar-refractivity contribution in [2.24, 2.45) is 0 Å². The summed E-state index contributed by atoms with van der Waals surface area (Å²) >= 11 is 1.37. The fourth-order valence-corrected chi connectivity index (χ4v) is 5.06. The van der Waals surface area contributed by atoms with Crippen molar-refractivity contribution in [2.45, 2.75) is 29.5 Å². The first-order valence-corrected chi connectivity index (χ1v) is 9.25. The summed E-state index contributed by atoms with van der Waals surface area (Å²) < 4.78 is 28.0. The number of nitrogens with zero attached hydrogens (tertiary/aromatic N) is 1. The number of sulfonamides is 1. The largest absolute Gasteiger partial charge is 0.319 e. The third-order valence-electron chi connectivity index (χ3n) is 3.47. The Kier molecular flexibility index (Phi) is 5.57. The highest BCUT2D eigenvalue weighted by Gasteiger charge is 2.24. The molecule has 1 saturated heterocycles. The summed E-state index contributed by atoms with van der Waals surface area (Å²) in [7, 11) is 0.558. The van der Waals surface area contributed by atoms with E-state index >= 15 is 0 Å². The molecule has 1 unspecified atom stereocenters. The van der Waals surface area contributed by atoms with Crippen LogP contribution in [0, 0.1) is 0 Å².